The fourth-order valence-corrected chi connectivity index (χ4v) is 1.90. The molecule has 0 aliphatic rings. The van der Waals surface area contributed by atoms with Gasteiger partial charge in [-0.05, 0) is 42.7 Å². The maximum Gasteiger partial charge on any atom is 0.240 e. The molecule has 0 saturated carbocycles. The SMILES string of the molecule is CCCCCCC(=O)N/N=C(\CC)c1ccc(O)cc1. The van der Waals surface area contributed by atoms with Crippen LogP contribution in [-0.2, 0) is 4.79 Å². The Labute approximate surface area is 120 Å². The number of hydrogen-bond donors (Lipinski definition) is 2. The summed E-state index contributed by atoms with van der Waals surface area (Å²) >= 11 is 0. The molecule has 0 heterocycles. The summed E-state index contributed by atoms with van der Waals surface area (Å²) in [5, 5.41) is 13.4. The molecule has 0 aliphatic heterocycles. The second kappa shape index (κ2) is 9.13. The summed E-state index contributed by atoms with van der Waals surface area (Å²) in [6, 6.07) is 6.83. The van der Waals surface area contributed by atoms with Gasteiger partial charge in [0.05, 0.1) is 5.71 Å². The zero-order valence-electron chi connectivity index (χ0n) is 12.4. The highest BCUT2D eigenvalue weighted by Crippen LogP contribution is 2.11. The molecule has 0 bridgehead atoms. The van der Waals surface area contributed by atoms with Crippen molar-refractivity contribution in [2.24, 2.45) is 5.10 Å². The van der Waals surface area contributed by atoms with Crippen LogP contribution in [0.4, 0.5) is 0 Å². The minimum Gasteiger partial charge on any atom is -0.508 e. The smallest absolute Gasteiger partial charge is 0.240 e. The number of carbonyl (C=O) groups excluding carboxylic acids is 1. The first kappa shape index (κ1) is 16.2. The summed E-state index contributed by atoms with van der Waals surface area (Å²) in [7, 11) is 0. The van der Waals surface area contributed by atoms with Gasteiger partial charge in [-0.1, -0.05) is 33.1 Å². The van der Waals surface area contributed by atoms with E-state index in [1.165, 1.54) is 12.8 Å². The molecule has 1 aromatic rings. The van der Waals surface area contributed by atoms with E-state index >= 15 is 0 Å². The van der Waals surface area contributed by atoms with Gasteiger partial charge in [0.15, 0.2) is 0 Å². The van der Waals surface area contributed by atoms with Gasteiger partial charge in [0, 0.05) is 6.42 Å². The number of hydrogen-bond acceptors (Lipinski definition) is 3. The molecule has 1 amide bonds. The summed E-state index contributed by atoms with van der Waals surface area (Å²) in [6.45, 7) is 4.13. The summed E-state index contributed by atoms with van der Waals surface area (Å²) in [4.78, 5) is 11.7. The quantitative estimate of drug-likeness (QED) is 0.433. The fraction of sp³-hybridized carbons (Fsp3) is 0.500. The van der Waals surface area contributed by atoms with Crippen molar-refractivity contribution in [3.05, 3.63) is 29.8 Å². The predicted octanol–water partition coefficient (Wildman–Crippen LogP) is 3.59. The fourth-order valence-electron chi connectivity index (χ4n) is 1.90. The van der Waals surface area contributed by atoms with Crippen molar-refractivity contribution in [1.29, 1.82) is 0 Å². The lowest BCUT2D eigenvalue weighted by Gasteiger charge is -2.05. The molecule has 4 nitrogen and oxygen atoms in total. The van der Waals surface area contributed by atoms with Crippen LogP contribution in [0.3, 0.4) is 0 Å². The first-order valence-corrected chi connectivity index (χ1v) is 7.32. The highest BCUT2D eigenvalue weighted by molar-refractivity contribution is 6.00. The number of nitrogens with zero attached hydrogens (tertiary/aromatic N) is 1. The Bertz CT molecular complexity index is 438. The van der Waals surface area contributed by atoms with Crippen LogP contribution in [-0.4, -0.2) is 16.7 Å². The van der Waals surface area contributed by atoms with Gasteiger partial charge in [-0.3, -0.25) is 4.79 Å². The Morgan fingerprint density at radius 2 is 1.85 bits per heavy atom. The molecule has 1 rings (SSSR count). The van der Waals surface area contributed by atoms with Gasteiger partial charge in [-0.2, -0.15) is 5.10 Å². The second-order valence-electron chi connectivity index (χ2n) is 4.80. The van der Waals surface area contributed by atoms with E-state index in [4.69, 9.17) is 0 Å². The van der Waals surface area contributed by atoms with Crippen molar-refractivity contribution in [1.82, 2.24) is 5.43 Å². The number of phenols is 1. The molecule has 0 saturated heterocycles. The van der Waals surface area contributed by atoms with Crippen molar-refractivity contribution in [3.8, 4) is 5.75 Å². The van der Waals surface area contributed by atoms with Crippen molar-refractivity contribution >= 4 is 11.6 Å². The first-order chi connectivity index (χ1) is 9.67. The van der Waals surface area contributed by atoms with Crippen molar-refractivity contribution in [3.63, 3.8) is 0 Å². The summed E-state index contributed by atoms with van der Waals surface area (Å²) in [5.41, 5.74) is 4.34. The molecule has 0 aliphatic carbocycles. The van der Waals surface area contributed by atoms with Crippen molar-refractivity contribution in [2.45, 2.75) is 52.4 Å². The van der Waals surface area contributed by atoms with Gasteiger partial charge >= 0.3 is 0 Å². The van der Waals surface area contributed by atoms with Crippen LogP contribution in [0.15, 0.2) is 29.4 Å². The van der Waals surface area contributed by atoms with Crippen molar-refractivity contribution < 1.29 is 9.90 Å². The number of aromatic hydroxyl groups is 1. The van der Waals surface area contributed by atoms with Gasteiger partial charge in [0.25, 0.3) is 0 Å². The Kier molecular flexibility index (Phi) is 7.40. The van der Waals surface area contributed by atoms with E-state index in [1.807, 2.05) is 6.92 Å². The third-order valence-electron chi connectivity index (χ3n) is 3.11. The Morgan fingerprint density at radius 3 is 2.45 bits per heavy atom. The van der Waals surface area contributed by atoms with Gasteiger partial charge in [-0.25, -0.2) is 5.43 Å². The Balaban J connectivity index is 2.49. The molecule has 0 atom stereocenters. The van der Waals surface area contributed by atoms with E-state index in [0.717, 1.165) is 30.5 Å². The summed E-state index contributed by atoms with van der Waals surface area (Å²) < 4.78 is 0. The minimum atomic E-state index is -0.0363. The number of phenolic OH excluding ortho intramolecular Hbond substituents is 1. The zero-order valence-corrected chi connectivity index (χ0v) is 12.4. The molecule has 4 heteroatoms. The predicted molar refractivity (Wildman–Crippen MR) is 81.8 cm³/mol. The third kappa shape index (κ3) is 5.87. The summed E-state index contributed by atoms with van der Waals surface area (Å²) in [5.74, 6) is 0.190. The van der Waals surface area contributed by atoms with E-state index in [0.29, 0.717) is 6.42 Å². The molecule has 20 heavy (non-hydrogen) atoms. The Hall–Kier alpha value is -1.84. The van der Waals surface area contributed by atoms with Crippen LogP contribution in [0.1, 0.15) is 57.9 Å². The lowest BCUT2D eigenvalue weighted by molar-refractivity contribution is -0.121. The van der Waals surface area contributed by atoms with E-state index in [2.05, 4.69) is 17.5 Å². The molecule has 0 spiro atoms. The maximum absolute atomic E-state index is 11.7. The second-order valence-corrected chi connectivity index (χ2v) is 4.80. The number of rotatable bonds is 8. The monoisotopic (exact) mass is 276 g/mol. The first-order valence-electron chi connectivity index (χ1n) is 7.32. The van der Waals surface area contributed by atoms with Crippen LogP contribution in [0.2, 0.25) is 0 Å². The average molecular weight is 276 g/mol. The van der Waals surface area contributed by atoms with Crippen LogP contribution in [0, 0.1) is 0 Å². The number of nitrogens with one attached hydrogen (secondary N) is 1. The minimum absolute atomic E-state index is 0.0363. The molecule has 1 aromatic carbocycles. The van der Waals surface area contributed by atoms with Crippen LogP contribution < -0.4 is 5.43 Å². The number of unbranched alkanes of at least 4 members (excludes halogenated alkanes) is 3. The third-order valence-corrected chi connectivity index (χ3v) is 3.11. The largest absolute Gasteiger partial charge is 0.508 e. The van der Waals surface area contributed by atoms with E-state index in [1.54, 1.807) is 24.3 Å². The van der Waals surface area contributed by atoms with Gasteiger partial charge in [-0.15, -0.1) is 0 Å². The van der Waals surface area contributed by atoms with Crippen LogP contribution in [0.25, 0.3) is 0 Å². The number of benzene rings is 1. The summed E-state index contributed by atoms with van der Waals surface area (Å²) in [6.07, 6.45) is 5.59. The highest BCUT2D eigenvalue weighted by Gasteiger charge is 2.04. The van der Waals surface area contributed by atoms with Gasteiger partial charge < -0.3 is 5.11 Å². The van der Waals surface area contributed by atoms with E-state index in [-0.39, 0.29) is 11.7 Å². The topological polar surface area (TPSA) is 61.7 Å². The lowest BCUT2D eigenvalue weighted by atomic mass is 10.1. The normalized spacial score (nSPS) is 11.4. The average Bonchev–Trinajstić information content (AvgIpc) is 2.46. The molecule has 110 valence electrons. The van der Waals surface area contributed by atoms with Gasteiger partial charge in [0.2, 0.25) is 5.91 Å². The zero-order chi connectivity index (χ0) is 14.8. The maximum atomic E-state index is 11.7. The molecule has 0 radical (unpaired) electrons. The lowest BCUT2D eigenvalue weighted by Crippen LogP contribution is -2.19. The van der Waals surface area contributed by atoms with E-state index in [9.17, 15) is 9.90 Å². The molecule has 0 aromatic heterocycles. The molecular weight excluding hydrogens is 252 g/mol. The molecule has 0 fully saturated rings. The number of amides is 1. The van der Waals surface area contributed by atoms with Gasteiger partial charge in [0.1, 0.15) is 5.75 Å². The number of hydrazone groups is 1. The molecule has 2 N–H and O–H groups in total. The van der Waals surface area contributed by atoms with E-state index < -0.39 is 0 Å². The molecular formula is C16H24N2O2. The molecule has 0 unspecified atom stereocenters. The van der Waals surface area contributed by atoms with Crippen molar-refractivity contribution in [2.75, 3.05) is 0 Å². The number of carbonyl (C=O) groups is 1. The van der Waals surface area contributed by atoms with Crippen LogP contribution >= 0.6 is 0 Å². The standard InChI is InChI=1S/C16H24N2O2/c1-3-5-6-7-8-16(20)18-17-15(4-2)13-9-11-14(19)12-10-13/h9-12,19H,3-8H2,1-2H3,(H,18,20)/b17-15+. The Morgan fingerprint density at radius 1 is 1.15 bits per heavy atom. The van der Waals surface area contributed by atoms with Crippen LogP contribution in [0.5, 0.6) is 5.75 Å². The highest BCUT2D eigenvalue weighted by atomic mass is 16.3.